The lowest BCUT2D eigenvalue weighted by Gasteiger charge is -2.30. The topological polar surface area (TPSA) is 56.4 Å². The maximum Gasteiger partial charge on any atom is 0.255 e. The Morgan fingerprint density at radius 2 is 1.73 bits per heavy atom. The molecule has 30 heavy (non-hydrogen) atoms. The number of hydrogen-bond acceptors (Lipinski definition) is 3. The molecule has 2 saturated heterocycles. The van der Waals surface area contributed by atoms with Crippen LogP contribution in [0.1, 0.15) is 28.8 Å². The SMILES string of the molecule is COc1ccc(NC(=O)c2ccc(C[NH+]3CC[NH+](C[C@H]4CCCO4)CC3)cc2)cc1. The Hall–Kier alpha value is -2.41. The molecule has 2 fully saturated rings. The van der Waals surface area contributed by atoms with Crippen molar-refractivity contribution in [2.24, 2.45) is 0 Å². The van der Waals surface area contributed by atoms with Gasteiger partial charge in [-0.15, -0.1) is 0 Å². The monoisotopic (exact) mass is 411 g/mol. The van der Waals surface area contributed by atoms with Crippen LogP contribution in [-0.2, 0) is 11.3 Å². The van der Waals surface area contributed by atoms with E-state index in [4.69, 9.17) is 9.47 Å². The number of quaternary nitrogens is 2. The lowest BCUT2D eigenvalue weighted by molar-refractivity contribution is -1.02. The third-order valence-corrected chi connectivity index (χ3v) is 6.22. The Morgan fingerprint density at radius 1 is 1.03 bits per heavy atom. The van der Waals surface area contributed by atoms with Crippen LogP contribution in [0.15, 0.2) is 48.5 Å². The van der Waals surface area contributed by atoms with Crippen LogP contribution in [-0.4, -0.2) is 58.5 Å². The first-order chi connectivity index (χ1) is 14.7. The van der Waals surface area contributed by atoms with Gasteiger partial charge >= 0.3 is 0 Å². The van der Waals surface area contributed by atoms with Crippen LogP contribution in [0.4, 0.5) is 5.69 Å². The molecule has 0 saturated carbocycles. The molecule has 3 N–H and O–H groups in total. The first kappa shape index (κ1) is 20.8. The molecule has 2 aliphatic heterocycles. The molecule has 4 rings (SSSR count). The summed E-state index contributed by atoms with van der Waals surface area (Å²) in [5.74, 6) is 0.680. The number of methoxy groups -OCH3 is 1. The summed E-state index contributed by atoms with van der Waals surface area (Å²) in [6, 6.07) is 15.4. The van der Waals surface area contributed by atoms with Gasteiger partial charge in [-0.05, 0) is 49.2 Å². The van der Waals surface area contributed by atoms with Crippen molar-refractivity contribution >= 4 is 11.6 Å². The Bertz CT molecular complexity index is 809. The molecule has 0 unspecified atom stereocenters. The van der Waals surface area contributed by atoms with Gasteiger partial charge in [0.05, 0.1) is 7.11 Å². The second-order valence-electron chi connectivity index (χ2n) is 8.40. The average molecular weight is 412 g/mol. The van der Waals surface area contributed by atoms with E-state index >= 15 is 0 Å². The highest BCUT2D eigenvalue weighted by atomic mass is 16.5. The number of carbonyl (C=O) groups excluding carboxylic acids is 1. The predicted octanol–water partition coefficient (Wildman–Crippen LogP) is 0.410. The van der Waals surface area contributed by atoms with Gasteiger partial charge in [-0.25, -0.2) is 0 Å². The molecule has 0 bridgehead atoms. The molecular formula is C24H33N3O3+2. The Balaban J connectivity index is 1.23. The summed E-state index contributed by atoms with van der Waals surface area (Å²) in [5.41, 5.74) is 2.72. The van der Waals surface area contributed by atoms with Crippen molar-refractivity contribution in [2.45, 2.75) is 25.5 Å². The van der Waals surface area contributed by atoms with Crippen molar-refractivity contribution in [1.29, 1.82) is 0 Å². The summed E-state index contributed by atoms with van der Waals surface area (Å²) in [7, 11) is 1.63. The summed E-state index contributed by atoms with van der Waals surface area (Å²) in [5, 5.41) is 2.93. The Labute approximate surface area is 178 Å². The predicted molar refractivity (Wildman–Crippen MR) is 116 cm³/mol. The van der Waals surface area contributed by atoms with Crippen LogP contribution in [0.5, 0.6) is 5.75 Å². The highest BCUT2D eigenvalue weighted by molar-refractivity contribution is 6.04. The highest BCUT2D eigenvalue weighted by Crippen LogP contribution is 2.16. The van der Waals surface area contributed by atoms with Crippen molar-refractivity contribution in [3.63, 3.8) is 0 Å². The zero-order valence-electron chi connectivity index (χ0n) is 17.8. The molecule has 0 spiro atoms. The molecule has 6 nitrogen and oxygen atoms in total. The molecule has 2 aliphatic rings. The fourth-order valence-electron chi connectivity index (χ4n) is 4.41. The van der Waals surface area contributed by atoms with Crippen molar-refractivity contribution < 1.29 is 24.1 Å². The van der Waals surface area contributed by atoms with E-state index in [1.807, 2.05) is 36.4 Å². The minimum absolute atomic E-state index is 0.0922. The van der Waals surface area contributed by atoms with Crippen molar-refractivity contribution in [2.75, 3.05) is 51.8 Å². The quantitative estimate of drug-likeness (QED) is 0.619. The number of amides is 1. The van der Waals surface area contributed by atoms with Crippen LogP contribution >= 0.6 is 0 Å². The second kappa shape index (κ2) is 10.1. The third-order valence-electron chi connectivity index (χ3n) is 6.22. The van der Waals surface area contributed by atoms with E-state index < -0.39 is 0 Å². The molecule has 2 heterocycles. The van der Waals surface area contributed by atoms with E-state index in [2.05, 4.69) is 17.4 Å². The minimum Gasteiger partial charge on any atom is -0.497 e. The molecule has 2 aromatic rings. The van der Waals surface area contributed by atoms with Crippen LogP contribution in [0, 0.1) is 0 Å². The Kier molecular flexibility index (Phi) is 7.00. The van der Waals surface area contributed by atoms with E-state index in [1.54, 1.807) is 16.9 Å². The summed E-state index contributed by atoms with van der Waals surface area (Å²) in [6.45, 7) is 7.97. The number of rotatable bonds is 7. The van der Waals surface area contributed by atoms with E-state index in [-0.39, 0.29) is 5.91 Å². The van der Waals surface area contributed by atoms with Gasteiger partial charge in [0.2, 0.25) is 0 Å². The molecule has 0 aromatic heterocycles. The highest BCUT2D eigenvalue weighted by Gasteiger charge is 2.27. The molecule has 2 aromatic carbocycles. The van der Waals surface area contributed by atoms with Gasteiger partial charge in [-0.1, -0.05) is 12.1 Å². The smallest absolute Gasteiger partial charge is 0.255 e. The first-order valence-corrected chi connectivity index (χ1v) is 11.0. The number of piperazine rings is 1. The third kappa shape index (κ3) is 5.59. The van der Waals surface area contributed by atoms with Crippen LogP contribution in [0.25, 0.3) is 0 Å². The number of ether oxygens (including phenoxy) is 2. The van der Waals surface area contributed by atoms with E-state index in [0.29, 0.717) is 11.7 Å². The normalized spacial score (nSPS) is 23.8. The fourth-order valence-corrected chi connectivity index (χ4v) is 4.41. The van der Waals surface area contributed by atoms with Crippen molar-refractivity contribution in [3.05, 3.63) is 59.7 Å². The van der Waals surface area contributed by atoms with Gasteiger partial charge < -0.3 is 24.6 Å². The number of benzene rings is 2. The largest absolute Gasteiger partial charge is 0.497 e. The summed E-state index contributed by atoms with van der Waals surface area (Å²) < 4.78 is 10.9. The fraction of sp³-hybridized carbons (Fsp3) is 0.458. The average Bonchev–Trinajstić information content (AvgIpc) is 3.29. The zero-order valence-corrected chi connectivity index (χ0v) is 17.8. The second-order valence-corrected chi connectivity index (χ2v) is 8.40. The summed E-state index contributed by atoms with van der Waals surface area (Å²) in [4.78, 5) is 15.8. The van der Waals surface area contributed by atoms with Gasteiger partial charge in [-0.2, -0.15) is 0 Å². The van der Waals surface area contributed by atoms with Gasteiger partial charge in [0.15, 0.2) is 0 Å². The van der Waals surface area contributed by atoms with Gasteiger partial charge in [0.25, 0.3) is 5.91 Å². The molecule has 1 atom stereocenters. The lowest BCUT2D eigenvalue weighted by Crippen LogP contribution is -3.28. The molecular weight excluding hydrogens is 378 g/mol. The maximum atomic E-state index is 12.5. The van der Waals surface area contributed by atoms with E-state index in [9.17, 15) is 4.79 Å². The van der Waals surface area contributed by atoms with Crippen molar-refractivity contribution in [3.8, 4) is 5.75 Å². The zero-order chi connectivity index (χ0) is 20.8. The molecule has 0 aliphatic carbocycles. The number of carbonyl (C=O) groups is 1. The van der Waals surface area contributed by atoms with Gasteiger partial charge in [0, 0.05) is 23.4 Å². The van der Waals surface area contributed by atoms with Crippen molar-refractivity contribution in [1.82, 2.24) is 0 Å². The number of hydrogen-bond donors (Lipinski definition) is 3. The van der Waals surface area contributed by atoms with Crippen LogP contribution in [0.2, 0.25) is 0 Å². The standard InChI is InChI=1S/C24H31N3O3/c1-29-22-10-8-21(9-11-22)25-24(28)20-6-4-19(5-7-20)17-26-12-14-27(15-13-26)18-23-3-2-16-30-23/h4-11,23H,2-3,12-18H2,1H3,(H,25,28)/p+2/t23-/m1/s1. The number of nitrogens with one attached hydrogen (secondary N) is 3. The van der Waals surface area contributed by atoms with Gasteiger partial charge in [-0.3, -0.25) is 4.79 Å². The Morgan fingerprint density at radius 3 is 2.37 bits per heavy atom. The lowest BCUT2D eigenvalue weighted by atomic mass is 10.1. The molecule has 6 heteroatoms. The van der Waals surface area contributed by atoms with Crippen LogP contribution in [0.3, 0.4) is 0 Å². The molecule has 160 valence electrons. The van der Waals surface area contributed by atoms with E-state index in [0.717, 1.165) is 24.6 Å². The first-order valence-electron chi connectivity index (χ1n) is 11.0. The summed E-state index contributed by atoms with van der Waals surface area (Å²) >= 11 is 0. The maximum absolute atomic E-state index is 12.5. The molecule has 0 radical (unpaired) electrons. The summed E-state index contributed by atoms with van der Waals surface area (Å²) in [6.07, 6.45) is 2.94. The van der Waals surface area contributed by atoms with Crippen LogP contribution < -0.4 is 19.9 Å². The minimum atomic E-state index is -0.0922. The van der Waals surface area contributed by atoms with Gasteiger partial charge in [0.1, 0.15) is 51.1 Å². The molecule has 1 amide bonds. The van der Waals surface area contributed by atoms with E-state index in [1.165, 1.54) is 51.1 Å². The number of anilines is 1.